The smallest absolute Gasteiger partial charge is 0.125 e. The minimum absolute atomic E-state index is 0.0467. The molecule has 0 spiro atoms. The van der Waals surface area contributed by atoms with Gasteiger partial charge in [-0.05, 0) is 31.2 Å². The number of hydrogen-bond donors (Lipinski definition) is 2. The molecule has 0 unspecified atom stereocenters. The van der Waals surface area contributed by atoms with Crippen LogP contribution in [0.1, 0.15) is 25.0 Å². The number of aliphatic hydroxyl groups is 1. The van der Waals surface area contributed by atoms with Crippen molar-refractivity contribution in [2.45, 2.75) is 25.5 Å². The van der Waals surface area contributed by atoms with Crippen LogP contribution in [0.15, 0.2) is 18.2 Å². The predicted molar refractivity (Wildman–Crippen MR) is 65.5 cm³/mol. The summed E-state index contributed by atoms with van der Waals surface area (Å²) in [4.78, 5) is 0. The molecule has 2 atom stereocenters. The topological polar surface area (TPSA) is 50.7 Å². The average molecular weight is 237 g/mol. The maximum Gasteiger partial charge on any atom is 0.125 e. The lowest BCUT2D eigenvalue weighted by Gasteiger charge is -2.31. The Morgan fingerprint density at radius 1 is 1.53 bits per heavy atom. The molecule has 4 nitrogen and oxygen atoms in total. The molecule has 0 saturated carbocycles. The Morgan fingerprint density at radius 3 is 3.06 bits per heavy atom. The standard InChI is InChI=1S/C13H19NO3/c1-3-6-14-11-8-17-12-5-4-9(16-2)7-10(12)13(11)15/h4-5,7,11,13-15H,3,6,8H2,1-2H3/t11-,13-/m1/s1. The van der Waals surface area contributed by atoms with Gasteiger partial charge in [0.05, 0.1) is 13.2 Å². The van der Waals surface area contributed by atoms with E-state index < -0.39 is 6.10 Å². The first-order valence-electron chi connectivity index (χ1n) is 5.98. The van der Waals surface area contributed by atoms with Crippen molar-refractivity contribution in [2.75, 3.05) is 20.3 Å². The van der Waals surface area contributed by atoms with E-state index in [9.17, 15) is 5.11 Å². The van der Waals surface area contributed by atoms with Gasteiger partial charge in [0.1, 0.15) is 24.2 Å². The molecule has 1 aromatic rings. The van der Waals surface area contributed by atoms with Gasteiger partial charge in [-0.2, -0.15) is 0 Å². The molecule has 0 saturated heterocycles. The molecule has 1 heterocycles. The number of nitrogens with one attached hydrogen (secondary N) is 1. The van der Waals surface area contributed by atoms with Crippen molar-refractivity contribution in [1.82, 2.24) is 5.32 Å². The molecule has 0 amide bonds. The number of hydrogen-bond acceptors (Lipinski definition) is 4. The fourth-order valence-corrected chi connectivity index (χ4v) is 2.00. The largest absolute Gasteiger partial charge is 0.497 e. The SMILES string of the molecule is CCCN[C@@H]1COc2ccc(OC)cc2[C@H]1O. The van der Waals surface area contributed by atoms with Gasteiger partial charge in [0.2, 0.25) is 0 Å². The molecule has 1 aromatic carbocycles. The summed E-state index contributed by atoms with van der Waals surface area (Å²) in [6.07, 6.45) is 0.495. The molecule has 0 radical (unpaired) electrons. The third kappa shape index (κ3) is 2.53. The Morgan fingerprint density at radius 2 is 2.35 bits per heavy atom. The first-order valence-corrected chi connectivity index (χ1v) is 5.98. The number of ether oxygens (including phenoxy) is 2. The first-order chi connectivity index (χ1) is 8.26. The summed E-state index contributed by atoms with van der Waals surface area (Å²) in [5, 5.41) is 13.6. The van der Waals surface area contributed by atoms with Crippen molar-refractivity contribution in [3.05, 3.63) is 23.8 Å². The highest BCUT2D eigenvalue weighted by Gasteiger charge is 2.29. The number of fused-ring (bicyclic) bond motifs is 1. The van der Waals surface area contributed by atoms with Crippen molar-refractivity contribution in [1.29, 1.82) is 0 Å². The van der Waals surface area contributed by atoms with Crippen LogP contribution in [0.2, 0.25) is 0 Å². The lowest BCUT2D eigenvalue weighted by molar-refractivity contribution is 0.0735. The summed E-state index contributed by atoms with van der Waals surface area (Å²) in [5.41, 5.74) is 0.796. The molecule has 17 heavy (non-hydrogen) atoms. The minimum atomic E-state index is -0.541. The van der Waals surface area contributed by atoms with Crippen molar-refractivity contribution in [2.24, 2.45) is 0 Å². The van der Waals surface area contributed by atoms with Gasteiger partial charge < -0.3 is 19.9 Å². The molecule has 94 valence electrons. The average Bonchev–Trinajstić information content (AvgIpc) is 2.38. The van der Waals surface area contributed by atoms with Gasteiger partial charge in [0.25, 0.3) is 0 Å². The number of rotatable bonds is 4. The summed E-state index contributed by atoms with van der Waals surface area (Å²) in [6, 6.07) is 5.47. The van der Waals surface area contributed by atoms with Crippen molar-refractivity contribution in [3.63, 3.8) is 0 Å². The van der Waals surface area contributed by atoms with Crippen LogP contribution >= 0.6 is 0 Å². The highest BCUT2D eigenvalue weighted by Crippen LogP contribution is 2.34. The molecule has 2 N–H and O–H groups in total. The number of benzene rings is 1. The highest BCUT2D eigenvalue weighted by molar-refractivity contribution is 5.43. The van der Waals surface area contributed by atoms with Crippen LogP contribution in [0.4, 0.5) is 0 Å². The van der Waals surface area contributed by atoms with E-state index >= 15 is 0 Å². The molecule has 0 bridgehead atoms. The van der Waals surface area contributed by atoms with E-state index in [0.717, 1.165) is 30.0 Å². The molecule has 2 rings (SSSR count). The summed E-state index contributed by atoms with van der Waals surface area (Å²) < 4.78 is 10.8. The molecular weight excluding hydrogens is 218 g/mol. The van der Waals surface area contributed by atoms with E-state index in [1.165, 1.54) is 0 Å². The third-order valence-electron chi connectivity index (χ3n) is 2.99. The van der Waals surface area contributed by atoms with Gasteiger partial charge in [-0.3, -0.25) is 0 Å². The Balaban J connectivity index is 2.18. The first kappa shape index (κ1) is 12.2. The number of aliphatic hydroxyl groups excluding tert-OH is 1. The Bertz CT molecular complexity index is 381. The van der Waals surface area contributed by atoms with Crippen molar-refractivity contribution >= 4 is 0 Å². The Labute approximate surface area is 102 Å². The lowest BCUT2D eigenvalue weighted by Crippen LogP contribution is -2.42. The van der Waals surface area contributed by atoms with Crippen molar-refractivity contribution < 1.29 is 14.6 Å². The maximum absolute atomic E-state index is 10.3. The van der Waals surface area contributed by atoms with E-state index in [4.69, 9.17) is 9.47 Å². The normalized spacial score (nSPS) is 22.8. The van der Waals surface area contributed by atoms with Crippen LogP contribution in [0.25, 0.3) is 0 Å². The lowest BCUT2D eigenvalue weighted by atomic mass is 9.99. The molecule has 1 aliphatic rings. The maximum atomic E-state index is 10.3. The van der Waals surface area contributed by atoms with E-state index in [1.54, 1.807) is 7.11 Å². The van der Waals surface area contributed by atoms with E-state index in [0.29, 0.717) is 6.61 Å². The van der Waals surface area contributed by atoms with Crippen LogP contribution in [0.5, 0.6) is 11.5 Å². The fraction of sp³-hybridized carbons (Fsp3) is 0.538. The van der Waals surface area contributed by atoms with Crippen LogP contribution < -0.4 is 14.8 Å². The van der Waals surface area contributed by atoms with Gasteiger partial charge in [-0.25, -0.2) is 0 Å². The number of methoxy groups -OCH3 is 1. The molecule has 1 aliphatic heterocycles. The second-order valence-electron chi connectivity index (χ2n) is 4.22. The Hall–Kier alpha value is -1.26. The zero-order valence-electron chi connectivity index (χ0n) is 10.3. The molecular formula is C13H19NO3. The monoisotopic (exact) mass is 237 g/mol. The molecule has 0 fully saturated rings. The molecule has 0 aliphatic carbocycles. The quantitative estimate of drug-likeness (QED) is 0.833. The second-order valence-corrected chi connectivity index (χ2v) is 4.22. The van der Waals surface area contributed by atoms with Gasteiger partial charge in [-0.1, -0.05) is 6.92 Å². The summed E-state index contributed by atoms with van der Waals surface area (Å²) in [6.45, 7) is 3.48. The Kier molecular flexibility index (Phi) is 3.86. The zero-order valence-corrected chi connectivity index (χ0v) is 10.3. The summed E-state index contributed by atoms with van der Waals surface area (Å²) in [7, 11) is 1.62. The van der Waals surface area contributed by atoms with E-state index in [2.05, 4.69) is 12.2 Å². The zero-order chi connectivity index (χ0) is 12.3. The second kappa shape index (κ2) is 5.38. The minimum Gasteiger partial charge on any atom is -0.497 e. The highest BCUT2D eigenvalue weighted by atomic mass is 16.5. The van der Waals surface area contributed by atoms with Crippen LogP contribution in [-0.4, -0.2) is 31.4 Å². The van der Waals surface area contributed by atoms with Crippen molar-refractivity contribution in [3.8, 4) is 11.5 Å². The van der Waals surface area contributed by atoms with E-state index in [-0.39, 0.29) is 6.04 Å². The molecule has 4 heteroatoms. The molecule has 0 aromatic heterocycles. The van der Waals surface area contributed by atoms with Crippen LogP contribution in [0.3, 0.4) is 0 Å². The van der Waals surface area contributed by atoms with Crippen LogP contribution in [-0.2, 0) is 0 Å². The fourth-order valence-electron chi connectivity index (χ4n) is 2.00. The van der Waals surface area contributed by atoms with Gasteiger partial charge in [0.15, 0.2) is 0 Å². The van der Waals surface area contributed by atoms with Gasteiger partial charge in [0, 0.05) is 5.56 Å². The summed E-state index contributed by atoms with van der Waals surface area (Å²) >= 11 is 0. The summed E-state index contributed by atoms with van der Waals surface area (Å²) in [5.74, 6) is 1.48. The van der Waals surface area contributed by atoms with E-state index in [1.807, 2.05) is 18.2 Å². The van der Waals surface area contributed by atoms with Gasteiger partial charge >= 0.3 is 0 Å². The third-order valence-corrected chi connectivity index (χ3v) is 2.99. The van der Waals surface area contributed by atoms with Gasteiger partial charge in [-0.15, -0.1) is 0 Å². The predicted octanol–water partition coefficient (Wildman–Crippen LogP) is 1.49. The van der Waals surface area contributed by atoms with Crippen LogP contribution in [0, 0.1) is 0 Å².